The molecule has 0 spiro atoms. The molecule has 7 heteroatoms. The molecule has 0 bridgehead atoms. The van der Waals surface area contributed by atoms with Gasteiger partial charge in [0.2, 0.25) is 11.8 Å². The van der Waals surface area contributed by atoms with Crippen molar-refractivity contribution in [1.82, 2.24) is 15.6 Å². The predicted octanol–water partition coefficient (Wildman–Crippen LogP) is 3.31. The zero-order valence-corrected chi connectivity index (χ0v) is 16.3. The largest absolute Gasteiger partial charge is 0.295 e. The topological polar surface area (TPSA) is 71.1 Å². The Morgan fingerprint density at radius 3 is 2.27 bits per heavy atom. The molecule has 1 unspecified atom stereocenters. The first-order chi connectivity index (χ1) is 14.4. The van der Waals surface area contributed by atoms with Gasteiger partial charge in [-0.1, -0.05) is 36.4 Å². The van der Waals surface area contributed by atoms with Gasteiger partial charge >= 0.3 is 0 Å². The van der Waals surface area contributed by atoms with Crippen LogP contribution in [0.1, 0.15) is 29.8 Å². The lowest BCUT2D eigenvalue weighted by Gasteiger charge is -2.23. The van der Waals surface area contributed by atoms with Crippen molar-refractivity contribution in [2.24, 2.45) is 0 Å². The first-order valence-electron chi connectivity index (χ1n) is 9.43. The summed E-state index contributed by atoms with van der Waals surface area (Å²) in [5.41, 5.74) is 1.79. The van der Waals surface area contributed by atoms with E-state index >= 15 is 0 Å². The number of halogens is 2. The summed E-state index contributed by atoms with van der Waals surface area (Å²) in [5, 5.41) is 5.46. The summed E-state index contributed by atoms with van der Waals surface area (Å²) in [6.07, 6.45) is 1.36. The summed E-state index contributed by atoms with van der Waals surface area (Å²) < 4.78 is 26.6. The van der Waals surface area contributed by atoms with Gasteiger partial charge in [-0.15, -0.1) is 0 Å². The standard InChI is InChI=1S/C23H21F2N3O2/c1-15(23(30)28-21(29)13-16-11-18(24)14-19(25)12-16)27-22(17-7-3-2-4-8-17)20-9-5-6-10-26-20/h2-12,14-15,22,27H,13H2,1H3,(H,28,29,30)/t15-,22?/m0/s1. The molecule has 2 aromatic carbocycles. The van der Waals surface area contributed by atoms with Gasteiger partial charge in [0, 0.05) is 12.3 Å². The van der Waals surface area contributed by atoms with Crippen LogP contribution in [0.3, 0.4) is 0 Å². The molecule has 0 saturated heterocycles. The van der Waals surface area contributed by atoms with E-state index in [2.05, 4.69) is 15.6 Å². The minimum Gasteiger partial charge on any atom is -0.295 e. The number of hydrogen-bond acceptors (Lipinski definition) is 4. The molecule has 2 N–H and O–H groups in total. The second kappa shape index (κ2) is 9.84. The molecule has 5 nitrogen and oxygen atoms in total. The van der Waals surface area contributed by atoms with E-state index in [1.54, 1.807) is 19.2 Å². The van der Waals surface area contributed by atoms with Gasteiger partial charge in [0.1, 0.15) is 11.6 Å². The van der Waals surface area contributed by atoms with Crippen molar-refractivity contribution in [2.75, 3.05) is 0 Å². The number of hydrogen-bond donors (Lipinski definition) is 2. The summed E-state index contributed by atoms with van der Waals surface area (Å²) >= 11 is 0. The van der Waals surface area contributed by atoms with E-state index in [0.717, 1.165) is 29.5 Å². The van der Waals surface area contributed by atoms with E-state index in [1.165, 1.54) is 0 Å². The molecule has 0 radical (unpaired) electrons. The smallest absolute Gasteiger partial charge is 0.243 e. The number of nitrogens with zero attached hydrogens (tertiary/aromatic N) is 1. The second-order valence-electron chi connectivity index (χ2n) is 6.85. The number of aromatic nitrogens is 1. The lowest BCUT2D eigenvalue weighted by Crippen LogP contribution is -2.46. The van der Waals surface area contributed by atoms with Gasteiger partial charge in [-0.2, -0.15) is 0 Å². The first-order valence-corrected chi connectivity index (χ1v) is 9.43. The Kier molecular flexibility index (Phi) is 6.98. The van der Waals surface area contributed by atoms with Gasteiger partial charge < -0.3 is 0 Å². The summed E-state index contributed by atoms with van der Waals surface area (Å²) in [6.45, 7) is 1.63. The molecule has 2 amide bonds. The van der Waals surface area contributed by atoms with Crippen LogP contribution in [0.15, 0.2) is 72.9 Å². The SMILES string of the molecule is C[C@H](NC(c1ccccc1)c1ccccn1)C(=O)NC(=O)Cc1cc(F)cc(F)c1. The van der Waals surface area contributed by atoms with Crippen molar-refractivity contribution in [2.45, 2.75) is 25.4 Å². The number of imide groups is 1. The summed E-state index contributed by atoms with van der Waals surface area (Å²) in [7, 11) is 0. The van der Waals surface area contributed by atoms with Crippen molar-refractivity contribution in [3.8, 4) is 0 Å². The highest BCUT2D eigenvalue weighted by atomic mass is 19.1. The fraction of sp³-hybridized carbons (Fsp3) is 0.174. The number of carbonyl (C=O) groups excluding carboxylic acids is 2. The van der Waals surface area contributed by atoms with Crippen molar-refractivity contribution in [3.63, 3.8) is 0 Å². The van der Waals surface area contributed by atoms with Gasteiger partial charge in [-0.3, -0.25) is 25.2 Å². The Balaban J connectivity index is 1.67. The number of benzene rings is 2. The Morgan fingerprint density at radius 2 is 1.63 bits per heavy atom. The van der Waals surface area contributed by atoms with Crippen molar-refractivity contribution in [3.05, 3.63) is 101 Å². The molecule has 0 aliphatic carbocycles. The van der Waals surface area contributed by atoms with Gasteiger partial charge in [-0.25, -0.2) is 8.78 Å². The molecule has 3 rings (SSSR count). The third kappa shape index (κ3) is 5.78. The van der Waals surface area contributed by atoms with E-state index in [0.29, 0.717) is 0 Å². The number of pyridine rings is 1. The van der Waals surface area contributed by atoms with E-state index in [4.69, 9.17) is 0 Å². The van der Waals surface area contributed by atoms with Crippen LogP contribution in [-0.4, -0.2) is 22.8 Å². The number of amides is 2. The third-order valence-electron chi connectivity index (χ3n) is 4.48. The molecule has 1 heterocycles. The molecule has 0 aliphatic heterocycles. The third-order valence-corrected chi connectivity index (χ3v) is 4.48. The van der Waals surface area contributed by atoms with Crippen LogP contribution in [0.4, 0.5) is 8.78 Å². The molecule has 1 aromatic heterocycles. The Labute approximate surface area is 173 Å². The normalized spacial score (nSPS) is 12.8. The van der Waals surface area contributed by atoms with Crippen molar-refractivity contribution >= 4 is 11.8 Å². The molecular formula is C23H21F2N3O2. The minimum absolute atomic E-state index is 0.147. The fourth-order valence-electron chi connectivity index (χ4n) is 3.06. The maximum atomic E-state index is 13.3. The Hall–Kier alpha value is -3.45. The van der Waals surface area contributed by atoms with Crippen LogP contribution in [0.25, 0.3) is 0 Å². The fourth-order valence-corrected chi connectivity index (χ4v) is 3.06. The first kappa shape index (κ1) is 21.3. The number of carbonyl (C=O) groups is 2. The van der Waals surface area contributed by atoms with Gasteiger partial charge in [0.15, 0.2) is 0 Å². The zero-order chi connectivity index (χ0) is 21.5. The van der Waals surface area contributed by atoms with E-state index in [1.807, 2.05) is 42.5 Å². The molecule has 30 heavy (non-hydrogen) atoms. The van der Waals surface area contributed by atoms with Crippen molar-refractivity contribution < 1.29 is 18.4 Å². The van der Waals surface area contributed by atoms with Gasteiger partial charge in [-0.05, 0) is 42.3 Å². The van der Waals surface area contributed by atoms with Crippen LogP contribution in [0.5, 0.6) is 0 Å². The van der Waals surface area contributed by atoms with E-state index in [9.17, 15) is 18.4 Å². The van der Waals surface area contributed by atoms with Crippen LogP contribution in [0.2, 0.25) is 0 Å². The van der Waals surface area contributed by atoms with Gasteiger partial charge in [0.25, 0.3) is 0 Å². The van der Waals surface area contributed by atoms with Gasteiger partial charge in [0.05, 0.1) is 24.2 Å². The molecule has 0 saturated carbocycles. The van der Waals surface area contributed by atoms with Crippen LogP contribution in [0, 0.1) is 11.6 Å². The molecule has 2 atom stereocenters. The number of nitrogens with one attached hydrogen (secondary N) is 2. The summed E-state index contributed by atoms with van der Waals surface area (Å²) in [6, 6.07) is 16.7. The lowest BCUT2D eigenvalue weighted by atomic mass is 10.0. The van der Waals surface area contributed by atoms with E-state index < -0.39 is 29.5 Å². The Bertz CT molecular complexity index is 954. The average Bonchev–Trinajstić information content (AvgIpc) is 2.72. The highest BCUT2D eigenvalue weighted by molar-refractivity contribution is 5.98. The minimum atomic E-state index is -0.778. The monoisotopic (exact) mass is 409 g/mol. The number of rotatable bonds is 7. The lowest BCUT2D eigenvalue weighted by molar-refractivity contribution is -0.131. The van der Waals surface area contributed by atoms with Crippen LogP contribution >= 0.6 is 0 Å². The predicted molar refractivity (Wildman–Crippen MR) is 108 cm³/mol. The van der Waals surface area contributed by atoms with Crippen molar-refractivity contribution in [1.29, 1.82) is 0 Å². The zero-order valence-electron chi connectivity index (χ0n) is 16.3. The molecule has 0 fully saturated rings. The maximum absolute atomic E-state index is 13.3. The molecular weight excluding hydrogens is 388 g/mol. The second-order valence-corrected chi connectivity index (χ2v) is 6.85. The highest BCUT2D eigenvalue weighted by Crippen LogP contribution is 2.20. The molecule has 3 aromatic rings. The summed E-state index contributed by atoms with van der Waals surface area (Å²) in [5.74, 6) is -2.75. The maximum Gasteiger partial charge on any atom is 0.243 e. The Morgan fingerprint density at radius 1 is 0.967 bits per heavy atom. The molecule has 154 valence electrons. The van der Waals surface area contributed by atoms with Crippen LogP contribution < -0.4 is 10.6 Å². The average molecular weight is 409 g/mol. The molecule has 0 aliphatic rings. The highest BCUT2D eigenvalue weighted by Gasteiger charge is 2.23. The quantitative estimate of drug-likeness (QED) is 0.628. The van der Waals surface area contributed by atoms with Crippen LogP contribution in [-0.2, 0) is 16.0 Å². The van der Waals surface area contributed by atoms with E-state index in [-0.39, 0.29) is 18.0 Å². The summed E-state index contributed by atoms with van der Waals surface area (Å²) in [4.78, 5) is 29.0.